The van der Waals surface area contributed by atoms with Crippen LogP contribution in [0.15, 0.2) is 52.4 Å². The summed E-state index contributed by atoms with van der Waals surface area (Å²) in [5.74, 6) is 2.13. The zero-order chi connectivity index (χ0) is 18.9. The fourth-order valence-electron chi connectivity index (χ4n) is 2.41. The van der Waals surface area contributed by atoms with E-state index < -0.39 is 15.9 Å². The molecule has 3 aromatic rings. The van der Waals surface area contributed by atoms with Gasteiger partial charge in [0.2, 0.25) is 10.0 Å². The number of amides is 1. The van der Waals surface area contributed by atoms with Crippen molar-refractivity contribution in [2.75, 3.05) is 0 Å². The number of terminal acetylenes is 1. The summed E-state index contributed by atoms with van der Waals surface area (Å²) in [6.07, 6.45) is 5.43. The highest BCUT2D eigenvalue weighted by atomic mass is 32.2. The van der Waals surface area contributed by atoms with Crippen molar-refractivity contribution in [1.82, 2.24) is 4.57 Å². The molecule has 0 unspecified atom stereocenters. The van der Waals surface area contributed by atoms with Crippen LogP contribution in [0.2, 0.25) is 0 Å². The van der Waals surface area contributed by atoms with E-state index in [0.29, 0.717) is 20.6 Å². The smallest absolute Gasteiger partial charge is 0.279 e. The second-order valence-corrected chi connectivity index (χ2v) is 8.20. The number of rotatable bonds is 3. The van der Waals surface area contributed by atoms with E-state index in [1.807, 2.05) is 19.1 Å². The normalized spacial score (nSPS) is 12.3. The molecular formula is C18H15N3O3S2. The first kappa shape index (κ1) is 18.1. The van der Waals surface area contributed by atoms with E-state index in [1.165, 1.54) is 23.5 Å². The standard InChI is InChI=1S/C18H15N3O3S2/c1-3-10-21-15-9-8-14(26(19,23)24)11-16(15)25-18(21)20-17(22)13-6-4-12(2)5-7-13/h1,4-9,11H,10H2,2H3,(H2,19,23,24). The number of hydrogen-bond donors (Lipinski definition) is 1. The Labute approximate surface area is 154 Å². The first-order valence-electron chi connectivity index (χ1n) is 7.55. The molecule has 1 aromatic heterocycles. The Morgan fingerprint density at radius 3 is 2.58 bits per heavy atom. The molecule has 2 aromatic carbocycles. The maximum atomic E-state index is 12.4. The quantitative estimate of drug-likeness (QED) is 0.699. The van der Waals surface area contributed by atoms with Crippen LogP contribution in [0.1, 0.15) is 15.9 Å². The molecule has 0 atom stereocenters. The third-order valence-electron chi connectivity index (χ3n) is 3.73. The average molecular weight is 385 g/mol. The van der Waals surface area contributed by atoms with Gasteiger partial charge >= 0.3 is 0 Å². The summed E-state index contributed by atoms with van der Waals surface area (Å²) < 4.78 is 25.4. The van der Waals surface area contributed by atoms with Gasteiger partial charge in [0, 0.05) is 5.56 Å². The van der Waals surface area contributed by atoms with Gasteiger partial charge in [0.15, 0.2) is 4.80 Å². The van der Waals surface area contributed by atoms with E-state index in [1.54, 1.807) is 22.8 Å². The van der Waals surface area contributed by atoms with Crippen molar-refractivity contribution in [2.45, 2.75) is 18.4 Å². The van der Waals surface area contributed by atoms with E-state index in [4.69, 9.17) is 11.6 Å². The molecule has 0 aliphatic carbocycles. The first-order valence-corrected chi connectivity index (χ1v) is 9.91. The van der Waals surface area contributed by atoms with Gasteiger partial charge in [0.1, 0.15) is 0 Å². The van der Waals surface area contributed by atoms with Crippen LogP contribution in [0.5, 0.6) is 0 Å². The van der Waals surface area contributed by atoms with Crippen LogP contribution in [-0.2, 0) is 16.6 Å². The molecule has 1 amide bonds. The molecule has 0 fully saturated rings. The number of nitrogens with two attached hydrogens (primary N) is 1. The minimum atomic E-state index is -3.82. The zero-order valence-corrected chi connectivity index (χ0v) is 15.5. The lowest BCUT2D eigenvalue weighted by atomic mass is 10.1. The third kappa shape index (κ3) is 3.60. The van der Waals surface area contributed by atoms with Gasteiger partial charge in [-0.15, -0.1) is 6.42 Å². The monoisotopic (exact) mass is 385 g/mol. The number of aromatic nitrogens is 1. The lowest BCUT2D eigenvalue weighted by Gasteiger charge is -2.01. The molecule has 2 N–H and O–H groups in total. The molecular weight excluding hydrogens is 370 g/mol. The Balaban J connectivity index is 2.18. The molecule has 1 heterocycles. The molecule has 26 heavy (non-hydrogen) atoms. The van der Waals surface area contributed by atoms with Gasteiger partial charge in [0.05, 0.1) is 21.7 Å². The van der Waals surface area contributed by atoms with Crippen LogP contribution >= 0.6 is 11.3 Å². The predicted octanol–water partition coefficient (Wildman–Crippen LogP) is 2.03. The minimum Gasteiger partial charge on any atom is -0.305 e. The van der Waals surface area contributed by atoms with Gasteiger partial charge < -0.3 is 4.57 Å². The summed E-state index contributed by atoms with van der Waals surface area (Å²) in [5, 5.41) is 5.18. The predicted molar refractivity (Wildman–Crippen MR) is 101 cm³/mol. The van der Waals surface area contributed by atoms with E-state index in [2.05, 4.69) is 10.9 Å². The lowest BCUT2D eigenvalue weighted by molar-refractivity contribution is 0.0998. The number of fused-ring (bicyclic) bond motifs is 1. The van der Waals surface area contributed by atoms with Crippen LogP contribution in [0, 0.1) is 19.3 Å². The molecule has 3 rings (SSSR count). The number of nitrogens with zero attached hydrogens (tertiary/aromatic N) is 2. The SMILES string of the molecule is C#CCn1c(=NC(=O)c2ccc(C)cc2)sc2cc(S(N)(=O)=O)ccc21. The van der Waals surface area contributed by atoms with E-state index in [9.17, 15) is 13.2 Å². The van der Waals surface area contributed by atoms with Crippen LogP contribution in [-0.4, -0.2) is 18.9 Å². The summed E-state index contributed by atoms with van der Waals surface area (Å²) in [6.45, 7) is 2.13. The van der Waals surface area contributed by atoms with Crippen molar-refractivity contribution < 1.29 is 13.2 Å². The van der Waals surface area contributed by atoms with Crippen molar-refractivity contribution in [3.63, 3.8) is 0 Å². The Hall–Kier alpha value is -2.73. The molecule has 0 aliphatic rings. The molecule has 0 saturated heterocycles. The number of carbonyl (C=O) groups is 1. The van der Waals surface area contributed by atoms with Gasteiger partial charge in [-0.05, 0) is 37.3 Å². The minimum absolute atomic E-state index is 0.00415. The number of thiazole rings is 1. The van der Waals surface area contributed by atoms with E-state index in [-0.39, 0.29) is 11.4 Å². The number of benzene rings is 2. The van der Waals surface area contributed by atoms with Gasteiger partial charge in [-0.2, -0.15) is 4.99 Å². The Morgan fingerprint density at radius 2 is 1.96 bits per heavy atom. The van der Waals surface area contributed by atoms with Gasteiger partial charge in [0.25, 0.3) is 5.91 Å². The van der Waals surface area contributed by atoms with Crippen LogP contribution in [0.4, 0.5) is 0 Å². The maximum Gasteiger partial charge on any atom is 0.279 e. The first-order chi connectivity index (χ1) is 12.3. The average Bonchev–Trinajstić information content (AvgIpc) is 2.92. The van der Waals surface area contributed by atoms with Crippen molar-refractivity contribution in [2.24, 2.45) is 10.1 Å². The molecule has 132 valence electrons. The van der Waals surface area contributed by atoms with Gasteiger partial charge in [-0.25, -0.2) is 13.6 Å². The van der Waals surface area contributed by atoms with Crippen molar-refractivity contribution in [3.8, 4) is 12.3 Å². The number of sulfonamides is 1. The van der Waals surface area contributed by atoms with Crippen LogP contribution < -0.4 is 9.94 Å². The highest BCUT2D eigenvalue weighted by Gasteiger charge is 2.13. The van der Waals surface area contributed by atoms with Crippen molar-refractivity contribution in [3.05, 3.63) is 58.4 Å². The Kier molecular flexibility index (Phi) is 4.78. The number of carbonyl (C=O) groups excluding carboxylic acids is 1. The molecule has 8 heteroatoms. The topological polar surface area (TPSA) is 94.5 Å². The fraction of sp³-hybridized carbons (Fsp3) is 0.111. The maximum absolute atomic E-state index is 12.4. The summed E-state index contributed by atoms with van der Waals surface area (Å²) in [6, 6.07) is 11.6. The molecule has 0 aliphatic heterocycles. The van der Waals surface area contributed by atoms with E-state index in [0.717, 1.165) is 5.56 Å². The fourth-order valence-corrected chi connectivity index (χ4v) is 4.09. The van der Waals surface area contributed by atoms with Crippen molar-refractivity contribution in [1.29, 1.82) is 0 Å². The summed E-state index contributed by atoms with van der Waals surface area (Å²) in [7, 11) is -3.82. The molecule has 0 spiro atoms. The van der Waals surface area contributed by atoms with E-state index >= 15 is 0 Å². The highest BCUT2D eigenvalue weighted by molar-refractivity contribution is 7.89. The van der Waals surface area contributed by atoms with Gasteiger partial charge in [-0.3, -0.25) is 4.79 Å². The Bertz CT molecular complexity index is 1210. The molecule has 0 bridgehead atoms. The van der Waals surface area contributed by atoms with Crippen LogP contribution in [0.3, 0.4) is 0 Å². The summed E-state index contributed by atoms with van der Waals surface area (Å²) in [5.41, 5.74) is 2.20. The molecule has 0 radical (unpaired) electrons. The lowest BCUT2D eigenvalue weighted by Crippen LogP contribution is -2.16. The second-order valence-electron chi connectivity index (χ2n) is 5.63. The summed E-state index contributed by atoms with van der Waals surface area (Å²) in [4.78, 5) is 17.0. The largest absolute Gasteiger partial charge is 0.305 e. The highest BCUT2D eigenvalue weighted by Crippen LogP contribution is 2.21. The molecule has 6 nitrogen and oxygen atoms in total. The molecule has 0 saturated carbocycles. The van der Waals surface area contributed by atoms with Crippen LogP contribution in [0.25, 0.3) is 10.2 Å². The Morgan fingerprint density at radius 1 is 1.27 bits per heavy atom. The number of primary sulfonamides is 1. The number of hydrogen-bond acceptors (Lipinski definition) is 4. The number of aryl methyl sites for hydroxylation is 1. The van der Waals surface area contributed by atoms with Gasteiger partial charge in [-0.1, -0.05) is 35.0 Å². The summed E-state index contributed by atoms with van der Waals surface area (Å²) >= 11 is 1.18. The third-order valence-corrected chi connectivity index (χ3v) is 5.68. The zero-order valence-electron chi connectivity index (χ0n) is 13.8. The van der Waals surface area contributed by atoms with Crippen molar-refractivity contribution >= 4 is 37.5 Å². The second kappa shape index (κ2) is 6.88.